The fraction of sp³-hybridized carbons (Fsp3) is 0.444. The summed E-state index contributed by atoms with van der Waals surface area (Å²) < 4.78 is 3.79. The van der Waals surface area contributed by atoms with Gasteiger partial charge in [0.1, 0.15) is 12.0 Å². The molecule has 0 fully saturated rings. The second kappa shape index (κ2) is 4.02. The highest BCUT2D eigenvalue weighted by Crippen LogP contribution is 2.29. The van der Waals surface area contributed by atoms with Gasteiger partial charge in [0.05, 0.1) is 18.0 Å². The average molecular weight is 283 g/mol. The van der Waals surface area contributed by atoms with E-state index in [4.69, 9.17) is 45.0 Å². The molecule has 1 aromatic rings. The topological polar surface area (TPSA) is 54.8 Å². The Morgan fingerprint density at radius 2 is 2.25 bits per heavy atom. The molecule has 0 spiro atoms. The molecule has 1 aliphatic heterocycles. The minimum absolute atomic E-state index is 0.179. The van der Waals surface area contributed by atoms with Crippen molar-refractivity contribution in [2.45, 2.75) is 16.9 Å². The van der Waals surface area contributed by atoms with Crippen molar-refractivity contribution >= 4 is 40.6 Å². The van der Waals surface area contributed by atoms with E-state index in [1.807, 2.05) is 6.92 Å². The van der Waals surface area contributed by atoms with Crippen LogP contribution in [0.15, 0.2) is 21.7 Å². The van der Waals surface area contributed by atoms with E-state index in [9.17, 15) is 0 Å². The predicted molar refractivity (Wildman–Crippen MR) is 63.5 cm³/mol. The van der Waals surface area contributed by atoms with Crippen LogP contribution < -0.4 is 16.5 Å². The minimum atomic E-state index is -1.39. The van der Waals surface area contributed by atoms with E-state index in [1.165, 1.54) is 6.26 Å². The van der Waals surface area contributed by atoms with Crippen LogP contribution in [0.2, 0.25) is 0 Å². The molecule has 0 saturated heterocycles. The summed E-state index contributed by atoms with van der Waals surface area (Å²) >= 11 is 17.3. The van der Waals surface area contributed by atoms with Gasteiger partial charge in [-0.1, -0.05) is 34.8 Å². The SMILES string of the molecule is CC1N=c2occc2=C(N)N1CC(Cl)(Cl)Cl. The van der Waals surface area contributed by atoms with Gasteiger partial charge in [0.2, 0.25) is 9.35 Å². The third-order valence-electron chi connectivity index (χ3n) is 2.33. The molecule has 0 saturated carbocycles. The molecule has 0 aliphatic carbocycles. The molecule has 4 nitrogen and oxygen atoms in total. The Balaban J connectivity index is 2.44. The number of nitrogens with zero attached hydrogens (tertiary/aromatic N) is 2. The van der Waals surface area contributed by atoms with Crippen molar-refractivity contribution in [1.82, 2.24) is 4.90 Å². The van der Waals surface area contributed by atoms with Gasteiger partial charge >= 0.3 is 0 Å². The van der Waals surface area contributed by atoms with Gasteiger partial charge in [-0.2, -0.15) is 0 Å². The number of furan rings is 1. The third kappa shape index (κ3) is 2.24. The van der Waals surface area contributed by atoms with Crippen molar-refractivity contribution in [2.75, 3.05) is 6.54 Å². The van der Waals surface area contributed by atoms with E-state index in [-0.39, 0.29) is 12.7 Å². The lowest BCUT2D eigenvalue weighted by Crippen LogP contribution is -2.48. The van der Waals surface area contributed by atoms with Gasteiger partial charge in [-0.05, 0) is 13.0 Å². The average Bonchev–Trinajstić information content (AvgIpc) is 2.58. The van der Waals surface area contributed by atoms with Gasteiger partial charge in [0, 0.05) is 0 Å². The first-order valence-electron chi connectivity index (χ1n) is 4.63. The predicted octanol–water partition coefficient (Wildman–Crippen LogP) is 0.955. The van der Waals surface area contributed by atoms with Crippen LogP contribution in [-0.2, 0) is 0 Å². The summed E-state index contributed by atoms with van der Waals surface area (Å²) in [5, 5.41) is 0.729. The maximum Gasteiger partial charge on any atom is 0.226 e. The van der Waals surface area contributed by atoms with Crippen LogP contribution in [0.5, 0.6) is 0 Å². The van der Waals surface area contributed by atoms with Gasteiger partial charge in [0.25, 0.3) is 0 Å². The van der Waals surface area contributed by atoms with E-state index in [0.717, 1.165) is 5.22 Å². The highest BCUT2D eigenvalue weighted by atomic mass is 35.6. The number of halogens is 3. The zero-order valence-electron chi connectivity index (χ0n) is 8.45. The Hall–Kier alpha value is -0.580. The Morgan fingerprint density at radius 1 is 1.56 bits per heavy atom. The summed E-state index contributed by atoms with van der Waals surface area (Å²) in [5.74, 6) is 0.512. The first-order chi connectivity index (χ1) is 7.38. The van der Waals surface area contributed by atoms with Crippen LogP contribution in [0.3, 0.4) is 0 Å². The maximum atomic E-state index is 5.98. The summed E-state index contributed by atoms with van der Waals surface area (Å²) in [5.41, 5.74) is 6.50. The van der Waals surface area contributed by atoms with Crippen LogP contribution in [-0.4, -0.2) is 21.4 Å². The van der Waals surface area contributed by atoms with Crippen LogP contribution in [0.4, 0.5) is 0 Å². The molecule has 2 N–H and O–H groups in total. The third-order valence-corrected chi connectivity index (χ3v) is 2.69. The lowest BCUT2D eigenvalue weighted by Gasteiger charge is -2.32. The molecule has 16 heavy (non-hydrogen) atoms. The lowest BCUT2D eigenvalue weighted by atomic mass is 10.3. The number of nitrogens with two attached hydrogens (primary N) is 1. The van der Waals surface area contributed by atoms with E-state index in [2.05, 4.69) is 4.99 Å². The van der Waals surface area contributed by atoms with Crippen LogP contribution in [0.25, 0.3) is 5.82 Å². The largest absolute Gasteiger partial charge is 0.446 e. The van der Waals surface area contributed by atoms with Crippen molar-refractivity contribution in [3.8, 4) is 0 Å². The second-order valence-electron chi connectivity index (χ2n) is 3.53. The quantitative estimate of drug-likeness (QED) is 0.781. The van der Waals surface area contributed by atoms with Gasteiger partial charge in [-0.25, -0.2) is 4.99 Å². The molecule has 0 amide bonds. The standard InChI is InChI=1S/C9H10Cl3N3O/c1-5-14-8-6(2-3-16-8)7(13)15(5)4-9(10,11)12/h2-3,5H,4,13H2,1H3. The van der Waals surface area contributed by atoms with Crippen molar-refractivity contribution < 1.29 is 4.42 Å². The lowest BCUT2D eigenvalue weighted by molar-refractivity contribution is 0.294. The number of hydrogen-bond donors (Lipinski definition) is 1. The first-order valence-corrected chi connectivity index (χ1v) is 5.76. The Bertz CT molecular complexity index is 505. The molecule has 1 aliphatic rings. The maximum absolute atomic E-state index is 5.98. The molecule has 7 heteroatoms. The van der Waals surface area contributed by atoms with Gasteiger partial charge in [0.15, 0.2) is 0 Å². The Morgan fingerprint density at radius 3 is 2.88 bits per heavy atom. The molecule has 1 aromatic heterocycles. The molecule has 0 aromatic carbocycles. The smallest absolute Gasteiger partial charge is 0.226 e. The zero-order chi connectivity index (χ0) is 11.9. The molecule has 88 valence electrons. The van der Waals surface area contributed by atoms with Crippen molar-refractivity contribution in [3.63, 3.8) is 0 Å². The van der Waals surface area contributed by atoms with Crippen LogP contribution in [0, 0.1) is 0 Å². The summed E-state index contributed by atoms with van der Waals surface area (Å²) in [4.78, 5) is 6.03. The first kappa shape index (κ1) is 11.9. The van der Waals surface area contributed by atoms with Crippen molar-refractivity contribution in [3.05, 3.63) is 23.1 Å². The number of fused-ring (bicyclic) bond motifs is 1. The summed E-state index contributed by atoms with van der Waals surface area (Å²) in [6.07, 6.45) is 1.32. The molecule has 0 radical (unpaired) electrons. The van der Waals surface area contributed by atoms with E-state index in [0.29, 0.717) is 11.4 Å². The Labute approximate surface area is 107 Å². The van der Waals surface area contributed by atoms with Gasteiger partial charge in [-0.15, -0.1) is 0 Å². The van der Waals surface area contributed by atoms with Gasteiger partial charge in [-0.3, -0.25) is 0 Å². The fourth-order valence-corrected chi connectivity index (χ4v) is 1.99. The number of rotatable bonds is 1. The Kier molecular flexibility index (Phi) is 2.99. The summed E-state index contributed by atoms with van der Waals surface area (Å²) in [6.45, 7) is 2.04. The van der Waals surface area contributed by atoms with E-state index < -0.39 is 3.79 Å². The minimum Gasteiger partial charge on any atom is -0.446 e. The molecule has 1 unspecified atom stereocenters. The second-order valence-corrected chi connectivity index (χ2v) is 6.04. The highest BCUT2D eigenvalue weighted by Gasteiger charge is 2.29. The number of alkyl halides is 3. The van der Waals surface area contributed by atoms with Crippen molar-refractivity contribution in [1.29, 1.82) is 0 Å². The molecule has 1 atom stereocenters. The van der Waals surface area contributed by atoms with Gasteiger partial charge < -0.3 is 15.1 Å². The number of hydrogen-bond acceptors (Lipinski definition) is 4. The summed E-state index contributed by atoms with van der Waals surface area (Å²) in [7, 11) is 0. The normalized spacial score (nSPS) is 20.6. The van der Waals surface area contributed by atoms with Crippen LogP contribution in [0.1, 0.15) is 6.92 Å². The molecule has 2 heterocycles. The molecular weight excluding hydrogens is 272 g/mol. The van der Waals surface area contributed by atoms with E-state index >= 15 is 0 Å². The monoisotopic (exact) mass is 281 g/mol. The highest BCUT2D eigenvalue weighted by molar-refractivity contribution is 6.67. The zero-order valence-corrected chi connectivity index (χ0v) is 10.7. The van der Waals surface area contributed by atoms with E-state index in [1.54, 1.807) is 11.0 Å². The molecule has 2 rings (SSSR count). The summed E-state index contributed by atoms with van der Waals surface area (Å²) in [6, 6.07) is 1.74. The molecular formula is C9H10Cl3N3O. The fourth-order valence-electron chi connectivity index (χ4n) is 1.60. The molecule has 0 bridgehead atoms. The van der Waals surface area contributed by atoms with Crippen molar-refractivity contribution in [2.24, 2.45) is 10.7 Å². The van der Waals surface area contributed by atoms with Crippen LogP contribution >= 0.6 is 34.8 Å².